The van der Waals surface area contributed by atoms with Gasteiger partial charge in [-0.25, -0.2) is 0 Å². The highest BCUT2D eigenvalue weighted by Gasteiger charge is 2.22. The Morgan fingerprint density at radius 1 is 0.404 bits per heavy atom. The molecule has 2 saturated carbocycles. The van der Waals surface area contributed by atoms with Crippen LogP contribution in [0.15, 0.2) is 156 Å². The van der Waals surface area contributed by atoms with Crippen LogP contribution in [0.4, 0.5) is 0 Å². The molecule has 2 nitrogen and oxygen atoms in total. The van der Waals surface area contributed by atoms with E-state index in [-0.39, 0.29) is 0 Å². The maximum atomic E-state index is 6.50. The van der Waals surface area contributed by atoms with E-state index in [1.165, 1.54) is 136 Å². The fourth-order valence-electron chi connectivity index (χ4n) is 10.4. The number of hydrogen-bond donors (Lipinski definition) is 0. The van der Waals surface area contributed by atoms with Crippen molar-refractivity contribution in [2.45, 2.75) is 82.5 Å². The highest BCUT2D eigenvalue weighted by atomic mass is 16.3. The third-order valence-electron chi connectivity index (χ3n) is 13.4. The van der Waals surface area contributed by atoms with E-state index in [1.807, 2.05) is 0 Å². The van der Waals surface area contributed by atoms with Crippen LogP contribution in [0.5, 0.6) is 0 Å². The van der Waals surface area contributed by atoms with Gasteiger partial charge in [0.05, 0.1) is 11.0 Å². The first-order valence-electron chi connectivity index (χ1n) is 21.5. The maximum Gasteiger partial charge on any atom is 0.135 e. The topological polar surface area (TPSA) is 18.1 Å². The maximum absolute atomic E-state index is 6.50. The summed E-state index contributed by atoms with van der Waals surface area (Å²) in [6, 6.07) is 56.9. The molecule has 57 heavy (non-hydrogen) atoms. The van der Waals surface area contributed by atoms with Crippen LogP contribution in [0, 0.1) is 0 Å². The molecule has 2 aliphatic rings. The van der Waals surface area contributed by atoms with E-state index in [0.717, 1.165) is 28.4 Å². The predicted molar refractivity (Wildman–Crippen MR) is 240 cm³/mol. The Hall–Kier alpha value is -5.86. The highest BCUT2D eigenvalue weighted by molar-refractivity contribution is 6.11. The highest BCUT2D eigenvalue weighted by Crippen LogP contribution is 2.42. The molecule has 0 N–H and O–H groups in total. The molecular formula is C55H49NO. The fourth-order valence-corrected chi connectivity index (χ4v) is 10.4. The van der Waals surface area contributed by atoms with Crippen molar-refractivity contribution >= 4 is 43.7 Å². The van der Waals surface area contributed by atoms with E-state index in [9.17, 15) is 0 Å². The van der Waals surface area contributed by atoms with Gasteiger partial charge in [-0.05, 0) is 143 Å². The second kappa shape index (κ2) is 14.6. The van der Waals surface area contributed by atoms with Crippen molar-refractivity contribution < 1.29 is 4.42 Å². The monoisotopic (exact) mass is 739 g/mol. The van der Waals surface area contributed by atoms with Gasteiger partial charge in [0.15, 0.2) is 0 Å². The zero-order chi connectivity index (χ0) is 37.7. The molecule has 0 amide bonds. The molecule has 2 aliphatic carbocycles. The second-order valence-electron chi connectivity index (χ2n) is 17.0. The number of hydrogen-bond acceptors (Lipinski definition) is 1. The summed E-state index contributed by atoms with van der Waals surface area (Å²) in [5.74, 6) is 1.36. The Balaban J connectivity index is 0.980. The van der Waals surface area contributed by atoms with Crippen molar-refractivity contribution in [1.82, 2.24) is 4.57 Å². The molecule has 0 unspecified atom stereocenters. The van der Waals surface area contributed by atoms with Crippen LogP contribution < -0.4 is 0 Å². The van der Waals surface area contributed by atoms with Gasteiger partial charge in [-0.1, -0.05) is 136 Å². The van der Waals surface area contributed by atoms with Crippen molar-refractivity contribution in [1.29, 1.82) is 0 Å². The molecule has 7 aromatic carbocycles. The Bertz CT molecular complexity index is 2820. The third-order valence-corrected chi connectivity index (χ3v) is 13.4. The molecule has 280 valence electrons. The Morgan fingerprint density at radius 2 is 0.930 bits per heavy atom. The van der Waals surface area contributed by atoms with E-state index in [2.05, 4.69) is 156 Å². The average molecular weight is 740 g/mol. The molecule has 9 aromatic rings. The number of benzene rings is 7. The minimum Gasteiger partial charge on any atom is -0.456 e. The Kier molecular flexibility index (Phi) is 8.80. The standard InChI is InChI=1S/C55H49NO/c1-4-14-39(15-5-1)42-20-10-12-37(31-42)30-38-13-11-21-43(32-38)46-24-28-54-50(35-46)51-36-47(25-29-55(51)57-54)56-52-26-22-44(40-16-6-2-7-17-40)33-48(52)49-34-45(23-27-53(49)56)41-18-8-3-9-19-41/h1,4-5,10-15,20-29,31-36,40-41H,2-3,6-9,16-19,30H2. The van der Waals surface area contributed by atoms with Crippen LogP contribution in [0.3, 0.4) is 0 Å². The summed E-state index contributed by atoms with van der Waals surface area (Å²) >= 11 is 0. The number of nitrogens with zero attached hydrogens (tertiary/aromatic N) is 1. The molecule has 11 rings (SSSR count). The number of furan rings is 1. The van der Waals surface area contributed by atoms with Gasteiger partial charge < -0.3 is 8.98 Å². The summed E-state index contributed by atoms with van der Waals surface area (Å²) in [6.07, 6.45) is 14.3. The Labute approximate surface area is 335 Å². The molecule has 0 saturated heterocycles. The van der Waals surface area contributed by atoms with Crippen molar-refractivity contribution in [2.75, 3.05) is 0 Å². The van der Waals surface area contributed by atoms with E-state index in [0.29, 0.717) is 11.8 Å². The molecule has 0 spiro atoms. The molecule has 2 heterocycles. The minimum absolute atomic E-state index is 0.678. The van der Waals surface area contributed by atoms with Gasteiger partial charge in [-0.3, -0.25) is 0 Å². The molecule has 0 bridgehead atoms. The quantitative estimate of drug-likeness (QED) is 0.159. The van der Waals surface area contributed by atoms with Crippen molar-refractivity contribution in [2.24, 2.45) is 0 Å². The molecule has 2 aromatic heterocycles. The summed E-state index contributed by atoms with van der Waals surface area (Å²) in [4.78, 5) is 0. The Morgan fingerprint density at radius 3 is 1.54 bits per heavy atom. The smallest absolute Gasteiger partial charge is 0.135 e. The summed E-state index contributed by atoms with van der Waals surface area (Å²) in [5.41, 5.74) is 16.3. The van der Waals surface area contributed by atoms with Gasteiger partial charge in [0.25, 0.3) is 0 Å². The van der Waals surface area contributed by atoms with Crippen LogP contribution in [0.2, 0.25) is 0 Å². The minimum atomic E-state index is 0.678. The van der Waals surface area contributed by atoms with E-state index < -0.39 is 0 Å². The first-order chi connectivity index (χ1) is 28.2. The average Bonchev–Trinajstić information content (AvgIpc) is 3.81. The van der Waals surface area contributed by atoms with Crippen molar-refractivity contribution in [3.8, 4) is 27.9 Å². The van der Waals surface area contributed by atoms with Crippen LogP contribution in [-0.4, -0.2) is 4.57 Å². The SMILES string of the molecule is c1ccc(-c2cccc(Cc3cccc(-c4ccc5oc6ccc(-n7c8ccc(C9CCCCC9)cc8c8cc(C9CCCCC9)ccc87)cc6c5c4)c3)c2)cc1. The van der Waals surface area contributed by atoms with E-state index in [1.54, 1.807) is 0 Å². The lowest BCUT2D eigenvalue weighted by molar-refractivity contribution is 0.444. The normalized spacial score (nSPS) is 15.6. The molecule has 2 fully saturated rings. The lowest BCUT2D eigenvalue weighted by Crippen LogP contribution is -2.04. The summed E-state index contributed by atoms with van der Waals surface area (Å²) in [6.45, 7) is 0. The number of rotatable bonds is 7. The predicted octanol–water partition coefficient (Wildman–Crippen LogP) is 15.7. The summed E-state index contributed by atoms with van der Waals surface area (Å²) < 4.78 is 9.01. The molecular weight excluding hydrogens is 691 g/mol. The van der Waals surface area contributed by atoms with Crippen LogP contribution >= 0.6 is 0 Å². The number of aromatic nitrogens is 1. The van der Waals surface area contributed by atoms with Gasteiger partial charge >= 0.3 is 0 Å². The molecule has 0 aliphatic heterocycles. The molecule has 0 atom stereocenters. The van der Waals surface area contributed by atoms with Crippen LogP contribution in [0.25, 0.3) is 71.7 Å². The van der Waals surface area contributed by atoms with E-state index in [4.69, 9.17) is 4.42 Å². The molecule has 2 heteroatoms. The first-order valence-corrected chi connectivity index (χ1v) is 21.5. The lowest BCUT2D eigenvalue weighted by atomic mass is 9.83. The van der Waals surface area contributed by atoms with Gasteiger partial charge in [-0.15, -0.1) is 0 Å². The van der Waals surface area contributed by atoms with Crippen LogP contribution in [-0.2, 0) is 6.42 Å². The van der Waals surface area contributed by atoms with Crippen molar-refractivity contribution in [3.05, 3.63) is 174 Å². The summed E-state index contributed by atoms with van der Waals surface area (Å²) in [5, 5.41) is 5.12. The van der Waals surface area contributed by atoms with Gasteiger partial charge in [-0.2, -0.15) is 0 Å². The zero-order valence-corrected chi connectivity index (χ0v) is 32.7. The van der Waals surface area contributed by atoms with Crippen LogP contribution in [0.1, 0.15) is 98.3 Å². The van der Waals surface area contributed by atoms with Crippen molar-refractivity contribution in [3.63, 3.8) is 0 Å². The zero-order valence-electron chi connectivity index (χ0n) is 32.7. The van der Waals surface area contributed by atoms with E-state index >= 15 is 0 Å². The van der Waals surface area contributed by atoms with Gasteiger partial charge in [0.1, 0.15) is 11.2 Å². The molecule has 0 radical (unpaired) electrons. The first kappa shape index (κ1) is 34.4. The van der Waals surface area contributed by atoms with Gasteiger partial charge in [0, 0.05) is 27.2 Å². The number of fused-ring (bicyclic) bond motifs is 6. The largest absolute Gasteiger partial charge is 0.456 e. The van der Waals surface area contributed by atoms with Gasteiger partial charge in [0.2, 0.25) is 0 Å². The summed E-state index contributed by atoms with van der Waals surface area (Å²) in [7, 11) is 0. The fraction of sp³-hybridized carbons (Fsp3) is 0.236. The third kappa shape index (κ3) is 6.46. The lowest BCUT2D eigenvalue weighted by Gasteiger charge is -2.22. The second-order valence-corrected chi connectivity index (χ2v) is 17.0.